The SMILES string of the molecule is Cc1ccc(-c2noc(CCn3cncn3)n2)c(F)c1. The minimum atomic E-state index is -0.353. The maximum absolute atomic E-state index is 13.8. The highest BCUT2D eigenvalue weighted by Crippen LogP contribution is 2.20. The van der Waals surface area contributed by atoms with Crippen molar-refractivity contribution in [3.8, 4) is 11.4 Å². The molecule has 0 aliphatic carbocycles. The van der Waals surface area contributed by atoms with Gasteiger partial charge < -0.3 is 4.52 Å². The number of benzene rings is 1. The molecule has 0 spiro atoms. The topological polar surface area (TPSA) is 69.6 Å². The molecular weight excluding hydrogens is 261 g/mol. The molecule has 0 saturated carbocycles. The zero-order valence-electron chi connectivity index (χ0n) is 10.8. The molecule has 0 bridgehead atoms. The van der Waals surface area contributed by atoms with Gasteiger partial charge in [0, 0.05) is 6.42 Å². The summed E-state index contributed by atoms with van der Waals surface area (Å²) < 4.78 is 20.6. The predicted octanol–water partition coefficient (Wildman–Crippen LogP) is 2.02. The fraction of sp³-hybridized carbons (Fsp3) is 0.231. The van der Waals surface area contributed by atoms with E-state index in [0.29, 0.717) is 24.4 Å². The Labute approximate surface area is 114 Å². The lowest BCUT2D eigenvalue weighted by Crippen LogP contribution is -2.01. The van der Waals surface area contributed by atoms with Gasteiger partial charge in [-0.05, 0) is 24.6 Å². The lowest BCUT2D eigenvalue weighted by Gasteiger charge is -1.98. The Bertz CT molecular complexity index is 707. The third kappa shape index (κ3) is 2.56. The van der Waals surface area contributed by atoms with E-state index in [2.05, 4.69) is 20.2 Å². The van der Waals surface area contributed by atoms with Gasteiger partial charge in [-0.1, -0.05) is 11.2 Å². The van der Waals surface area contributed by atoms with E-state index in [1.54, 1.807) is 17.1 Å². The molecule has 102 valence electrons. The Balaban J connectivity index is 1.76. The standard InChI is InChI=1S/C13H12FN5O/c1-9-2-3-10(11(14)6-9)13-17-12(20-18-13)4-5-19-8-15-7-16-19/h2-3,6-8H,4-5H2,1H3. The van der Waals surface area contributed by atoms with Crippen molar-refractivity contribution in [3.63, 3.8) is 0 Å². The molecule has 7 heteroatoms. The van der Waals surface area contributed by atoms with Gasteiger partial charge in [-0.15, -0.1) is 0 Å². The number of halogens is 1. The summed E-state index contributed by atoms with van der Waals surface area (Å²) >= 11 is 0. The molecule has 20 heavy (non-hydrogen) atoms. The van der Waals surface area contributed by atoms with Gasteiger partial charge >= 0.3 is 0 Å². The molecule has 0 aliphatic rings. The fourth-order valence-corrected chi connectivity index (χ4v) is 1.83. The van der Waals surface area contributed by atoms with Crippen molar-refractivity contribution >= 4 is 0 Å². The molecule has 0 saturated heterocycles. The molecule has 0 radical (unpaired) electrons. The molecule has 3 aromatic rings. The predicted molar refractivity (Wildman–Crippen MR) is 68.2 cm³/mol. The van der Waals surface area contributed by atoms with Crippen LogP contribution >= 0.6 is 0 Å². The van der Waals surface area contributed by atoms with Gasteiger partial charge in [-0.3, -0.25) is 4.68 Å². The van der Waals surface area contributed by atoms with Gasteiger partial charge in [0.2, 0.25) is 11.7 Å². The number of nitrogens with zero attached hydrogens (tertiary/aromatic N) is 5. The van der Waals surface area contributed by atoms with Gasteiger partial charge in [0.15, 0.2) is 0 Å². The third-order valence-corrected chi connectivity index (χ3v) is 2.85. The lowest BCUT2D eigenvalue weighted by atomic mass is 10.1. The number of rotatable bonds is 4. The summed E-state index contributed by atoms with van der Waals surface area (Å²) in [5.41, 5.74) is 1.19. The summed E-state index contributed by atoms with van der Waals surface area (Å²) in [6.45, 7) is 2.41. The van der Waals surface area contributed by atoms with Crippen LogP contribution in [0.3, 0.4) is 0 Å². The first-order valence-corrected chi connectivity index (χ1v) is 6.14. The monoisotopic (exact) mass is 273 g/mol. The van der Waals surface area contributed by atoms with Crippen LogP contribution in [0.1, 0.15) is 11.5 Å². The van der Waals surface area contributed by atoms with Gasteiger partial charge in [0.05, 0.1) is 12.1 Å². The van der Waals surface area contributed by atoms with Crippen molar-refractivity contribution in [1.82, 2.24) is 24.9 Å². The third-order valence-electron chi connectivity index (χ3n) is 2.85. The minimum absolute atomic E-state index is 0.260. The molecule has 0 N–H and O–H groups in total. The van der Waals surface area contributed by atoms with E-state index in [1.165, 1.54) is 12.4 Å². The second-order valence-corrected chi connectivity index (χ2v) is 4.40. The van der Waals surface area contributed by atoms with Gasteiger partial charge in [-0.25, -0.2) is 9.37 Å². The summed E-state index contributed by atoms with van der Waals surface area (Å²) in [7, 11) is 0. The van der Waals surface area contributed by atoms with Crippen LogP contribution in [-0.4, -0.2) is 24.9 Å². The van der Waals surface area contributed by atoms with Gasteiger partial charge in [0.1, 0.15) is 18.5 Å². The number of hydrogen-bond acceptors (Lipinski definition) is 5. The van der Waals surface area contributed by atoms with Crippen LogP contribution in [0.15, 0.2) is 35.4 Å². The highest BCUT2D eigenvalue weighted by molar-refractivity contribution is 5.55. The Morgan fingerprint density at radius 1 is 1.35 bits per heavy atom. The maximum Gasteiger partial charge on any atom is 0.228 e. The first kappa shape index (κ1) is 12.5. The highest BCUT2D eigenvalue weighted by atomic mass is 19.1. The number of aromatic nitrogens is 5. The summed E-state index contributed by atoms with van der Waals surface area (Å²) in [5, 5.41) is 7.78. The summed E-state index contributed by atoms with van der Waals surface area (Å²) in [5.74, 6) is 0.347. The van der Waals surface area contributed by atoms with E-state index in [9.17, 15) is 4.39 Å². The molecule has 6 nitrogen and oxygen atoms in total. The van der Waals surface area contributed by atoms with Crippen molar-refractivity contribution < 1.29 is 8.91 Å². The Hall–Kier alpha value is -2.57. The van der Waals surface area contributed by atoms with E-state index in [0.717, 1.165) is 5.56 Å². The number of aryl methyl sites for hydroxylation is 3. The molecule has 2 heterocycles. The maximum atomic E-state index is 13.8. The average Bonchev–Trinajstić information content (AvgIpc) is 3.07. The van der Waals surface area contributed by atoms with Crippen molar-refractivity contribution in [2.75, 3.05) is 0 Å². The van der Waals surface area contributed by atoms with E-state index in [-0.39, 0.29) is 11.6 Å². The van der Waals surface area contributed by atoms with E-state index >= 15 is 0 Å². The van der Waals surface area contributed by atoms with E-state index in [4.69, 9.17) is 4.52 Å². The fourth-order valence-electron chi connectivity index (χ4n) is 1.83. The Morgan fingerprint density at radius 3 is 3.00 bits per heavy atom. The lowest BCUT2D eigenvalue weighted by molar-refractivity contribution is 0.369. The molecule has 0 unspecified atom stereocenters. The Morgan fingerprint density at radius 2 is 2.25 bits per heavy atom. The van der Waals surface area contributed by atoms with Crippen LogP contribution in [0.25, 0.3) is 11.4 Å². The van der Waals surface area contributed by atoms with E-state index < -0.39 is 0 Å². The second-order valence-electron chi connectivity index (χ2n) is 4.40. The van der Waals surface area contributed by atoms with Gasteiger partial charge in [0.25, 0.3) is 0 Å². The van der Waals surface area contributed by atoms with Crippen LogP contribution in [-0.2, 0) is 13.0 Å². The first-order valence-electron chi connectivity index (χ1n) is 6.14. The summed E-state index contributed by atoms with van der Waals surface area (Å²) in [4.78, 5) is 8.03. The van der Waals surface area contributed by atoms with Crippen LogP contribution in [0.4, 0.5) is 4.39 Å². The molecule has 2 aromatic heterocycles. The first-order chi connectivity index (χ1) is 9.72. The van der Waals surface area contributed by atoms with Crippen molar-refractivity contribution in [1.29, 1.82) is 0 Å². The van der Waals surface area contributed by atoms with Crippen LogP contribution in [0.2, 0.25) is 0 Å². The van der Waals surface area contributed by atoms with Crippen molar-refractivity contribution in [2.45, 2.75) is 19.9 Å². The Kier molecular flexibility index (Phi) is 3.24. The molecule has 0 atom stereocenters. The number of hydrogen-bond donors (Lipinski definition) is 0. The molecule has 0 fully saturated rings. The zero-order chi connectivity index (χ0) is 13.9. The quantitative estimate of drug-likeness (QED) is 0.727. The minimum Gasteiger partial charge on any atom is -0.339 e. The van der Waals surface area contributed by atoms with Crippen LogP contribution in [0, 0.1) is 12.7 Å². The molecule has 3 rings (SSSR count). The smallest absolute Gasteiger partial charge is 0.228 e. The van der Waals surface area contributed by atoms with Crippen LogP contribution in [0.5, 0.6) is 0 Å². The van der Waals surface area contributed by atoms with Crippen molar-refractivity contribution in [2.24, 2.45) is 0 Å². The van der Waals surface area contributed by atoms with E-state index in [1.807, 2.05) is 13.0 Å². The average molecular weight is 273 g/mol. The molecule has 0 amide bonds. The largest absolute Gasteiger partial charge is 0.339 e. The van der Waals surface area contributed by atoms with Crippen LogP contribution < -0.4 is 0 Å². The van der Waals surface area contributed by atoms with Gasteiger partial charge in [-0.2, -0.15) is 10.1 Å². The molecular formula is C13H12FN5O. The second kappa shape index (κ2) is 5.20. The normalized spacial score (nSPS) is 10.9. The molecule has 1 aromatic carbocycles. The molecule has 0 aliphatic heterocycles. The highest BCUT2D eigenvalue weighted by Gasteiger charge is 2.12. The zero-order valence-corrected chi connectivity index (χ0v) is 10.8. The summed E-state index contributed by atoms with van der Waals surface area (Å²) in [6.07, 6.45) is 3.59. The van der Waals surface area contributed by atoms with Crippen molar-refractivity contribution in [3.05, 3.63) is 48.1 Å². The summed E-state index contributed by atoms with van der Waals surface area (Å²) in [6, 6.07) is 4.90.